The number of hydrogen-bond acceptors (Lipinski definition) is 5. The number of hydrogen-bond donors (Lipinski definition) is 3. The number of nitrogens with two attached hydrogens (primary N) is 1. The Balaban J connectivity index is 1.78. The van der Waals surface area contributed by atoms with Crippen molar-refractivity contribution in [1.29, 1.82) is 0 Å². The molecule has 2 aromatic carbocycles. The Morgan fingerprint density at radius 2 is 1.73 bits per heavy atom. The Kier molecular flexibility index (Phi) is 6.75. The van der Waals surface area contributed by atoms with Crippen LogP contribution in [0.2, 0.25) is 0 Å². The molecule has 0 aliphatic carbocycles. The van der Waals surface area contributed by atoms with E-state index < -0.39 is 11.9 Å². The third kappa shape index (κ3) is 5.41. The van der Waals surface area contributed by atoms with Gasteiger partial charge in [-0.1, -0.05) is 56.3 Å². The minimum Gasteiger partial charge on any atom is -0.368 e. The molecule has 1 heterocycles. The van der Waals surface area contributed by atoms with Gasteiger partial charge in [-0.2, -0.15) is 0 Å². The van der Waals surface area contributed by atoms with Crippen LogP contribution in [0.5, 0.6) is 0 Å². The van der Waals surface area contributed by atoms with Crippen molar-refractivity contribution in [3.8, 4) is 0 Å². The van der Waals surface area contributed by atoms with Crippen LogP contribution in [-0.2, 0) is 16.1 Å². The van der Waals surface area contributed by atoms with Crippen LogP contribution in [0.3, 0.4) is 0 Å². The van der Waals surface area contributed by atoms with Crippen LogP contribution in [0, 0.1) is 5.92 Å². The Labute approximate surface area is 175 Å². The van der Waals surface area contributed by atoms with Crippen LogP contribution in [0.1, 0.15) is 25.2 Å². The Morgan fingerprint density at radius 3 is 2.43 bits per heavy atom. The molecule has 0 saturated heterocycles. The SMILES string of the molecule is CC(C)[C@H](Nc1nc(CNC(=O)C=Cc2ccccc2)nc2ccccc12)C(N)=O. The van der Waals surface area contributed by atoms with E-state index >= 15 is 0 Å². The van der Waals surface area contributed by atoms with Gasteiger partial charge in [-0.25, -0.2) is 9.97 Å². The van der Waals surface area contributed by atoms with E-state index in [0.29, 0.717) is 17.2 Å². The van der Waals surface area contributed by atoms with Gasteiger partial charge >= 0.3 is 0 Å². The van der Waals surface area contributed by atoms with Gasteiger partial charge in [0.2, 0.25) is 11.8 Å². The summed E-state index contributed by atoms with van der Waals surface area (Å²) in [5.74, 6) is 0.241. The number of benzene rings is 2. The fourth-order valence-electron chi connectivity index (χ4n) is 2.99. The van der Waals surface area contributed by atoms with Crippen LogP contribution in [0.4, 0.5) is 5.82 Å². The summed E-state index contributed by atoms with van der Waals surface area (Å²) >= 11 is 0. The first kappa shape index (κ1) is 21.0. The fraction of sp³-hybridized carbons (Fsp3) is 0.217. The summed E-state index contributed by atoms with van der Waals surface area (Å²) in [5.41, 5.74) is 7.19. The minimum absolute atomic E-state index is 0.0116. The van der Waals surface area contributed by atoms with E-state index in [1.54, 1.807) is 6.08 Å². The van der Waals surface area contributed by atoms with Gasteiger partial charge in [0, 0.05) is 11.5 Å². The number of aromatic nitrogens is 2. The van der Waals surface area contributed by atoms with Gasteiger partial charge in [0.25, 0.3) is 0 Å². The number of carbonyl (C=O) groups excluding carboxylic acids is 2. The second-order valence-electron chi connectivity index (χ2n) is 7.24. The van der Waals surface area contributed by atoms with Crippen molar-refractivity contribution in [2.75, 3.05) is 5.32 Å². The Bertz CT molecular complexity index is 1060. The summed E-state index contributed by atoms with van der Waals surface area (Å²) in [6, 6.07) is 16.5. The van der Waals surface area contributed by atoms with Gasteiger partial charge in [0.05, 0.1) is 12.1 Å². The molecule has 30 heavy (non-hydrogen) atoms. The van der Waals surface area contributed by atoms with Crippen molar-refractivity contribution in [3.63, 3.8) is 0 Å². The first-order valence-electron chi connectivity index (χ1n) is 9.76. The number of fused-ring (bicyclic) bond motifs is 1. The number of anilines is 1. The van der Waals surface area contributed by atoms with Crippen molar-refractivity contribution in [2.45, 2.75) is 26.4 Å². The number of nitrogens with zero attached hydrogens (tertiary/aromatic N) is 2. The smallest absolute Gasteiger partial charge is 0.244 e. The van der Waals surface area contributed by atoms with Gasteiger partial charge < -0.3 is 16.4 Å². The molecule has 7 heteroatoms. The standard InChI is InChI=1S/C23H25N5O2/c1-15(2)21(22(24)30)28-23-17-10-6-7-11-18(17)26-19(27-23)14-25-20(29)13-12-16-8-4-3-5-9-16/h3-13,15,21H,14H2,1-2H3,(H2,24,30)(H,25,29)(H,26,27,28)/t21-/m0/s1. The second-order valence-corrected chi connectivity index (χ2v) is 7.24. The molecule has 0 radical (unpaired) electrons. The van der Waals surface area contributed by atoms with Crippen LogP contribution in [0.15, 0.2) is 60.7 Å². The molecular weight excluding hydrogens is 378 g/mol. The van der Waals surface area contributed by atoms with E-state index in [0.717, 1.165) is 10.9 Å². The molecule has 0 saturated carbocycles. The topological polar surface area (TPSA) is 110 Å². The van der Waals surface area contributed by atoms with Gasteiger partial charge in [-0.15, -0.1) is 0 Å². The lowest BCUT2D eigenvalue weighted by atomic mass is 10.0. The second kappa shape index (κ2) is 9.65. The van der Waals surface area contributed by atoms with E-state index in [9.17, 15) is 9.59 Å². The van der Waals surface area contributed by atoms with E-state index in [1.807, 2.05) is 68.4 Å². The molecule has 1 atom stereocenters. The van der Waals surface area contributed by atoms with Crippen molar-refractivity contribution in [1.82, 2.24) is 15.3 Å². The zero-order chi connectivity index (χ0) is 21.5. The lowest BCUT2D eigenvalue weighted by molar-refractivity contribution is -0.119. The number of nitrogens with one attached hydrogen (secondary N) is 2. The van der Waals surface area contributed by atoms with Crippen LogP contribution < -0.4 is 16.4 Å². The summed E-state index contributed by atoms with van der Waals surface area (Å²) in [6.07, 6.45) is 3.21. The Morgan fingerprint density at radius 1 is 1.03 bits per heavy atom. The van der Waals surface area contributed by atoms with Gasteiger partial charge in [-0.05, 0) is 29.7 Å². The monoisotopic (exact) mass is 403 g/mol. The normalized spacial score (nSPS) is 12.2. The predicted octanol–water partition coefficient (Wildman–Crippen LogP) is 2.88. The summed E-state index contributed by atoms with van der Waals surface area (Å²) in [4.78, 5) is 33.0. The summed E-state index contributed by atoms with van der Waals surface area (Å²) < 4.78 is 0. The molecule has 0 aliphatic heterocycles. The molecule has 0 aliphatic rings. The molecule has 0 spiro atoms. The molecule has 4 N–H and O–H groups in total. The molecule has 2 amide bonds. The number of para-hydroxylation sites is 1. The zero-order valence-corrected chi connectivity index (χ0v) is 17.0. The number of rotatable bonds is 8. The van der Waals surface area contributed by atoms with E-state index in [2.05, 4.69) is 20.6 Å². The number of primary amides is 1. The van der Waals surface area contributed by atoms with Crippen LogP contribution >= 0.6 is 0 Å². The molecule has 1 aromatic heterocycles. The predicted molar refractivity (Wildman–Crippen MR) is 118 cm³/mol. The highest BCUT2D eigenvalue weighted by atomic mass is 16.2. The van der Waals surface area contributed by atoms with Gasteiger partial charge in [0.1, 0.15) is 11.9 Å². The third-order valence-corrected chi connectivity index (χ3v) is 4.56. The summed E-state index contributed by atoms with van der Waals surface area (Å²) in [7, 11) is 0. The van der Waals surface area contributed by atoms with Crippen molar-refractivity contribution in [2.24, 2.45) is 11.7 Å². The quantitative estimate of drug-likeness (QED) is 0.501. The molecule has 154 valence electrons. The molecule has 0 bridgehead atoms. The van der Waals surface area contributed by atoms with Gasteiger partial charge in [0.15, 0.2) is 5.82 Å². The maximum absolute atomic E-state index is 12.2. The largest absolute Gasteiger partial charge is 0.368 e. The first-order chi connectivity index (χ1) is 14.4. The maximum Gasteiger partial charge on any atom is 0.244 e. The number of amides is 2. The van der Waals surface area contributed by atoms with Crippen molar-refractivity contribution < 1.29 is 9.59 Å². The molecule has 7 nitrogen and oxygen atoms in total. The summed E-state index contributed by atoms with van der Waals surface area (Å²) in [6.45, 7) is 3.97. The molecule has 3 rings (SSSR count). The zero-order valence-electron chi connectivity index (χ0n) is 17.0. The van der Waals surface area contributed by atoms with E-state index in [1.165, 1.54) is 6.08 Å². The van der Waals surface area contributed by atoms with Gasteiger partial charge in [-0.3, -0.25) is 9.59 Å². The average molecular weight is 403 g/mol. The Hall–Kier alpha value is -3.74. The first-order valence-corrected chi connectivity index (χ1v) is 9.76. The van der Waals surface area contributed by atoms with E-state index in [-0.39, 0.29) is 18.4 Å². The van der Waals surface area contributed by atoms with Crippen LogP contribution in [0.25, 0.3) is 17.0 Å². The maximum atomic E-state index is 12.2. The highest BCUT2D eigenvalue weighted by Crippen LogP contribution is 2.22. The summed E-state index contributed by atoms with van der Waals surface area (Å²) in [5, 5.41) is 6.71. The molecule has 3 aromatic rings. The highest BCUT2D eigenvalue weighted by Gasteiger charge is 2.21. The molecular formula is C23H25N5O2. The lowest BCUT2D eigenvalue weighted by Gasteiger charge is -2.21. The third-order valence-electron chi connectivity index (χ3n) is 4.56. The minimum atomic E-state index is -0.570. The van der Waals surface area contributed by atoms with Crippen molar-refractivity contribution >= 4 is 34.6 Å². The van der Waals surface area contributed by atoms with Crippen molar-refractivity contribution in [3.05, 3.63) is 72.1 Å². The van der Waals surface area contributed by atoms with Crippen LogP contribution in [-0.4, -0.2) is 27.8 Å². The fourth-order valence-corrected chi connectivity index (χ4v) is 2.99. The van der Waals surface area contributed by atoms with E-state index in [4.69, 9.17) is 5.73 Å². The average Bonchev–Trinajstić information content (AvgIpc) is 2.74. The number of carbonyl (C=O) groups is 2. The lowest BCUT2D eigenvalue weighted by Crippen LogP contribution is -2.40. The highest BCUT2D eigenvalue weighted by molar-refractivity contribution is 5.93. The molecule has 0 fully saturated rings. The molecule has 0 unspecified atom stereocenters.